The van der Waals surface area contributed by atoms with E-state index in [1.807, 2.05) is 55.5 Å². The van der Waals surface area contributed by atoms with Crippen LogP contribution in [0.5, 0.6) is 0 Å². The topological polar surface area (TPSA) is 55.8 Å². The van der Waals surface area contributed by atoms with Crippen molar-refractivity contribution in [3.8, 4) is 0 Å². The number of amides is 2. The predicted molar refractivity (Wildman–Crippen MR) is 102 cm³/mol. The molecule has 0 saturated carbocycles. The molecule has 140 valence electrons. The van der Waals surface area contributed by atoms with Crippen molar-refractivity contribution in [1.82, 2.24) is 5.06 Å². The summed E-state index contributed by atoms with van der Waals surface area (Å²) in [5, 5.41) is 0.923. The molecule has 0 aromatic heterocycles. The summed E-state index contributed by atoms with van der Waals surface area (Å²) in [5.74, 6) is -0.675. The van der Waals surface area contributed by atoms with E-state index < -0.39 is 0 Å². The van der Waals surface area contributed by atoms with Crippen molar-refractivity contribution in [1.29, 1.82) is 0 Å². The lowest BCUT2D eigenvalue weighted by molar-refractivity contribution is -0.189. The van der Waals surface area contributed by atoms with Crippen molar-refractivity contribution in [2.75, 3.05) is 14.2 Å². The van der Waals surface area contributed by atoms with Gasteiger partial charge in [0.15, 0.2) is 0 Å². The van der Waals surface area contributed by atoms with Crippen LogP contribution in [0.3, 0.4) is 0 Å². The average molecular weight is 365 g/mol. The standard InChI is InChI=1S/C20H17NO3.C2H6O/c1-13-6-8-14(9-7-13)12-24-21-19(22)17-11-10-15-4-2-3-5-16(15)18(17)20(21)23;1-3-2/h2-9H,10-12H2,1H3;1-2H3. The molecule has 0 N–H and O–H groups in total. The van der Waals surface area contributed by atoms with E-state index in [2.05, 4.69) is 4.74 Å². The Morgan fingerprint density at radius 1 is 0.926 bits per heavy atom. The first kappa shape index (κ1) is 19.0. The van der Waals surface area contributed by atoms with Gasteiger partial charge in [-0.05, 0) is 36.5 Å². The van der Waals surface area contributed by atoms with Gasteiger partial charge >= 0.3 is 0 Å². The van der Waals surface area contributed by atoms with Gasteiger partial charge in [0, 0.05) is 19.8 Å². The molecule has 1 aliphatic heterocycles. The Labute approximate surface area is 159 Å². The number of rotatable bonds is 3. The number of methoxy groups -OCH3 is 1. The third kappa shape index (κ3) is 3.84. The van der Waals surface area contributed by atoms with Crippen LogP contribution in [0.2, 0.25) is 0 Å². The average Bonchev–Trinajstić information content (AvgIpc) is 2.93. The molecule has 0 spiro atoms. The largest absolute Gasteiger partial charge is 0.388 e. The van der Waals surface area contributed by atoms with Gasteiger partial charge in [-0.1, -0.05) is 54.1 Å². The number of hydrogen-bond acceptors (Lipinski definition) is 4. The fourth-order valence-electron chi connectivity index (χ4n) is 3.24. The SMILES string of the molecule is COC.Cc1ccc(CON2C(=O)C3=C(C2=O)c2ccccc2CC3)cc1. The molecule has 27 heavy (non-hydrogen) atoms. The second kappa shape index (κ2) is 8.29. The summed E-state index contributed by atoms with van der Waals surface area (Å²) in [5.41, 5.74) is 5.12. The number of hydrogen-bond donors (Lipinski definition) is 0. The van der Waals surface area contributed by atoms with E-state index in [1.54, 1.807) is 14.2 Å². The lowest BCUT2D eigenvalue weighted by Gasteiger charge is -2.15. The molecule has 0 unspecified atom stereocenters. The van der Waals surface area contributed by atoms with Gasteiger partial charge in [-0.3, -0.25) is 14.4 Å². The summed E-state index contributed by atoms with van der Waals surface area (Å²) in [7, 11) is 3.25. The summed E-state index contributed by atoms with van der Waals surface area (Å²) < 4.78 is 4.25. The van der Waals surface area contributed by atoms with Crippen LogP contribution in [0.4, 0.5) is 0 Å². The molecule has 0 saturated heterocycles. The molecule has 1 heterocycles. The maximum atomic E-state index is 12.7. The molecule has 5 heteroatoms. The number of imide groups is 1. The molecule has 0 bridgehead atoms. The molecule has 0 radical (unpaired) electrons. The van der Waals surface area contributed by atoms with Gasteiger partial charge in [0.1, 0.15) is 6.61 Å². The van der Waals surface area contributed by atoms with Crippen LogP contribution in [0, 0.1) is 6.92 Å². The number of nitrogens with zero attached hydrogens (tertiary/aromatic N) is 1. The van der Waals surface area contributed by atoms with E-state index in [0.29, 0.717) is 17.6 Å². The van der Waals surface area contributed by atoms with Crippen LogP contribution in [0.15, 0.2) is 54.1 Å². The minimum Gasteiger partial charge on any atom is -0.388 e. The summed E-state index contributed by atoms with van der Waals surface area (Å²) in [6.45, 7) is 2.20. The highest BCUT2D eigenvalue weighted by molar-refractivity contribution is 6.35. The molecule has 2 aliphatic rings. The van der Waals surface area contributed by atoms with Crippen molar-refractivity contribution >= 4 is 17.4 Å². The first-order valence-corrected chi connectivity index (χ1v) is 8.85. The number of carbonyl (C=O) groups is 2. The Morgan fingerprint density at radius 2 is 1.59 bits per heavy atom. The van der Waals surface area contributed by atoms with E-state index in [9.17, 15) is 9.59 Å². The number of hydroxylamine groups is 2. The molecule has 2 aromatic rings. The van der Waals surface area contributed by atoms with Crippen molar-refractivity contribution in [2.45, 2.75) is 26.4 Å². The van der Waals surface area contributed by atoms with Gasteiger partial charge in [0.05, 0.1) is 5.57 Å². The molecule has 4 rings (SSSR count). The summed E-state index contributed by atoms with van der Waals surface area (Å²) in [4.78, 5) is 30.8. The van der Waals surface area contributed by atoms with Crippen LogP contribution in [-0.4, -0.2) is 31.1 Å². The Morgan fingerprint density at radius 3 is 2.30 bits per heavy atom. The normalized spacial score (nSPS) is 15.3. The molecular weight excluding hydrogens is 342 g/mol. The third-order valence-electron chi connectivity index (χ3n) is 4.55. The van der Waals surface area contributed by atoms with Crippen molar-refractivity contribution in [3.63, 3.8) is 0 Å². The van der Waals surface area contributed by atoms with E-state index in [4.69, 9.17) is 4.84 Å². The molecule has 0 fully saturated rings. The molecular formula is C22H23NO4. The first-order chi connectivity index (χ1) is 13.1. The van der Waals surface area contributed by atoms with Crippen LogP contribution >= 0.6 is 0 Å². The van der Waals surface area contributed by atoms with Crippen LogP contribution in [0.1, 0.15) is 28.7 Å². The molecule has 5 nitrogen and oxygen atoms in total. The first-order valence-electron chi connectivity index (χ1n) is 8.85. The summed E-state index contributed by atoms with van der Waals surface area (Å²) >= 11 is 0. The molecule has 2 aromatic carbocycles. The number of aryl methyl sites for hydroxylation is 2. The zero-order valence-electron chi connectivity index (χ0n) is 15.8. The van der Waals surface area contributed by atoms with Gasteiger partial charge < -0.3 is 4.74 Å². The van der Waals surface area contributed by atoms with E-state index in [1.165, 1.54) is 0 Å². The highest BCUT2D eigenvalue weighted by Crippen LogP contribution is 2.38. The van der Waals surface area contributed by atoms with Crippen LogP contribution in [0.25, 0.3) is 5.57 Å². The number of benzene rings is 2. The molecule has 1 aliphatic carbocycles. The lowest BCUT2D eigenvalue weighted by atomic mass is 9.87. The van der Waals surface area contributed by atoms with Gasteiger partial charge in [-0.2, -0.15) is 0 Å². The maximum absolute atomic E-state index is 12.7. The molecule has 0 atom stereocenters. The predicted octanol–water partition coefficient (Wildman–Crippen LogP) is 3.46. The molecule has 2 amide bonds. The number of fused-ring (bicyclic) bond motifs is 2. The van der Waals surface area contributed by atoms with E-state index >= 15 is 0 Å². The fourth-order valence-corrected chi connectivity index (χ4v) is 3.24. The van der Waals surface area contributed by atoms with Crippen molar-refractivity contribution < 1.29 is 19.2 Å². The van der Waals surface area contributed by atoms with Crippen molar-refractivity contribution in [2.24, 2.45) is 0 Å². The highest BCUT2D eigenvalue weighted by Gasteiger charge is 2.42. The fraction of sp³-hybridized carbons (Fsp3) is 0.273. The zero-order valence-corrected chi connectivity index (χ0v) is 15.8. The Balaban J connectivity index is 0.000000659. The maximum Gasteiger partial charge on any atom is 0.286 e. The summed E-state index contributed by atoms with van der Waals surface area (Å²) in [6.07, 6.45) is 1.36. The van der Waals surface area contributed by atoms with Gasteiger partial charge in [-0.25, -0.2) is 0 Å². The van der Waals surface area contributed by atoms with Gasteiger partial charge in [-0.15, -0.1) is 5.06 Å². The van der Waals surface area contributed by atoms with Crippen LogP contribution < -0.4 is 0 Å². The minimum atomic E-state index is -0.353. The smallest absolute Gasteiger partial charge is 0.286 e. The quantitative estimate of drug-likeness (QED) is 0.782. The lowest BCUT2D eigenvalue weighted by Crippen LogP contribution is -2.31. The van der Waals surface area contributed by atoms with Gasteiger partial charge in [0.25, 0.3) is 11.8 Å². The third-order valence-corrected chi connectivity index (χ3v) is 4.55. The monoisotopic (exact) mass is 365 g/mol. The van der Waals surface area contributed by atoms with E-state index in [0.717, 1.165) is 33.7 Å². The summed E-state index contributed by atoms with van der Waals surface area (Å²) in [6, 6.07) is 15.6. The Kier molecular flexibility index (Phi) is 5.84. The highest BCUT2D eigenvalue weighted by atomic mass is 16.7. The van der Waals surface area contributed by atoms with E-state index in [-0.39, 0.29) is 18.4 Å². The van der Waals surface area contributed by atoms with Gasteiger partial charge in [0.2, 0.25) is 0 Å². The second-order valence-electron chi connectivity index (χ2n) is 6.58. The number of carbonyl (C=O) groups excluding carboxylic acids is 2. The second-order valence-corrected chi connectivity index (χ2v) is 6.58. The minimum absolute atomic E-state index is 0.194. The van der Waals surface area contributed by atoms with Crippen LogP contribution in [-0.2, 0) is 32.2 Å². The van der Waals surface area contributed by atoms with Crippen molar-refractivity contribution in [3.05, 3.63) is 76.4 Å². The Bertz CT molecular complexity index is 883. The Hall–Kier alpha value is -2.76. The zero-order chi connectivity index (χ0) is 19.4. The number of ether oxygens (including phenoxy) is 1.